The van der Waals surface area contributed by atoms with Crippen molar-refractivity contribution in [3.8, 4) is 17.2 Å². The van der Waals surface area contributed by atoms with Crippen molar-refractivity contribution in [3.63, 3.8) is 0 Å². The highest BCUT2D eigenvalue weighted by Gasteiger charge is 2.18. The molecule has 0 heterocycles. The third-order valence-corrected chi connectivity index (χ3v) is 6.08. The van der Waals surface area contributed by atoms with Gasteiger partial charge in [0, 0.05) is 17.8 Å². The van der Waals surface area contributed by atoms with Crippen LogP contribution in [0.4, 0.5) is 5.69 Å². The number of amides is 1. The summed E-state index contributed by atoms with van der Waals surface area (Å²) in [7, 11) is 0.710. The Labute approximate surface area is 187 Å². The molecule has 0 atom stereocenters. The molecule has 2 N–H and O–H groups in total. The number of hydrogen-bond donors (Lipinski definition) is 2. The molecule has 3 rings (SSSR count). The quantitative estimate of drug-likeness (QED) is 0.511. The van der Waals surface area contributed by atoms with E-state index < -0.39 is 15.9 Å². The van der Waals surface area contributed by atoms with E-state index in [0.717, 1.165) is 5.56 Å². The maximum absolute atomic E-state index is 12.7. The zero-order valence-electron chi connectivity index (χ0n) is 17.9. The smallest absolute Gasteiger partial charge is 0.255 e. The lowest BCUT2D eigenvalue weighted by Crippen LogP contribution is -2.23. The maximum Gasteiger partial charge on any atom is 0.255 e. The predicted molar refractivity (Wildman–Crippen MR) is 121 cm³/mol. The number of nitrogens with one attached hydrogen (secondary N) is 2. The summed E-state index contributed by atoms with van der Waals surface area (Å²) in [4.78, 5) is 12.8. The molecule has 1 amide bonds. The summed E-state index contributed by atoms with van der Waals surface area (Å²) in [6, 6.07) is 18.2. The molecule has 0 aromatic heterocycles. The number of carbonyl (C=O) groups is 1. The lowest BCUT2D eigenvalue weighted by Gasteiger charge is -2.14. The van der Waals surface area contributed by atoms with Crippen LogP contribution < -0.4 is 24.2 Å². The molecule has 0 saturated heterocycles. The SMILES string of the molecule is COc1cc(C(=O)Nc2ccc(S(=O)(=O)NCc3ccccc3)cc2)cc(OC)c1OC. The minimum Gasteiger partial charge on any atom is -0.493 e. The largest absolute Gasteiger partial charge is 0.493 e. The monoisotopic (exact) mass is 456 g/mol. The van der Waals surface area contributed by atoms with Crippen molar-refractivity contribution in [3.05, 3.63) is 77.9 Å². The van der Waals surface area contributed by atoms with Gasteiger partial charge in [-0.2, -0.15) is 0 Å². The third kappa shape index (κ3) is 5.37. The topological polar surface area (TPSA) is 103 Å². The summed E-state index contributed by atoms with van der Waals surface area (Å²) >= 11 is 0. The first-order valence-corrected chi connectivity index (χ1v) is 11.1. The summed E-state index contributed by atoms with van der Waals surface area (Å²) in [6.45, 7) is 0.183. The van der Waals surface area contributed by atoms with Crippen LogP contribution in [0.3, 0.4) is 0 Å². The molecule has 32 heavy (non-hydrogen) atoms. The number of benzene rings is 3. The number of hydrogen-bond acceptors (Lipinski definition) is 6. The third-order valence-electron chi connectivity index (χ3n) is 4.66. The van der Waals surface area contributed by atoms with Gasteiger partial charge in [-0.1, -0.05) is 30.3 Å². The fourth-order valence-electron chi connectivity index (χ4n) is 2.99. The highest BCUT2D eigenvalue weighted by molar-refractivity contribution is 7.89. The Morgan fingerprint density at radius 3 is 1.97 bits per heavy atom. The maximum atomic E-state index is 12.7. The molecule has 3 aromatic rings. The van der Waals surface area contributed by atoms with Crippen molar-refractivity contribution in [2.24, 2.45) is 0 Å². The summed E-state index contributed by atoms with van der Waals surface area (Å²) in [5, 5.41) is 2.73. The standard InChI is InChI=1S/C23H24N2O6S/c1-29-20-13-17(14-21(30-2)22(20)31-3)23(26)25-18-9-11-19(12-10-18)32(27,28)24-15-16-7-5-4-6-8-16/h4-14,24H,15H2,1-3H3,(H,25,26). The number of ether oxygens (including phenoxy) is 3. The van der Waals surface area contributed by atoms with Crippen molar-refractivity contribution in [2.75, 3.05) is 26.6 Å². The minimum atomic E-state index is -3.69. The van der Waals surface area contributed by atoms with E-state index in [1.807, 2.05) is 30.3 Å². The van der Waals surface area contributed by atoms with Gasteiger partial charge in [0.2, 0.25) is 15.8 Å². The van der Waals surface area contributed by atoms with Gasteiger partial charge in [-0.25, -0.2) is 13.1 Å². The lowest BCUT2D eigenvalue weighted by atomic mass is 10.1. The van der Waals surface area contributed by atoms with Crippen molar-refractivity contribution in [1.29, 1.82) is 0 Å². The van der Waals surface area contributed by atoms with Gasteiger partial charge in [-0.3, -0.25) is 4.79 Å². The zero-order chi connectivity index (χ0) is 23.1. The highest BCUT2D eigenvalue weighted by atomic mass is 32.2. The summed E-state index contributed by atoms with van der Waals surface area (Å²) in [5.41, 5.74) is 1.58. The Morgan fingerprint density at radius 1 is 0.844 bits per heavy atom. The molecule has 0 spiro atoms. The molecule has 0 radical (unpaired) electrons. The number of anilines is 1. The number of carbonyl (C=O) groups excluding carboxylic acids is 1. The second-order valence-corrected chi connectivity index (χ2v) is 8.47. The molecular weight excluding hydrogens is 432 g/mol. The van der Waals surface area contributed by atoms with Gasteiger partial charge in [0.05, 0.1) is 26.2 Å². The van der Waals surface area contributed by atoms with Crippen molar-refractivity contribution in [1.82, 2.24) is 4.72 Å². The summed E-state index contributed by atoms with van der Waals surface area (Å²) in [6.07, 6.45) is 0. The number of methoxy groups -OCH3 is 3. The number of sulfonamides is 1. The van der Waals surface area contributed by atoms with Crippen LogP contribution in [0, 0.1) is 0 Å². The van der Waals surface area contributed by atoms with Gasteiger partial charge >= 0.3 is 0 Å². The summed E-state index contributed by atoms with van der Waals surface area (Å²) < 4.78 is 43.4. The minimum absolute atomic E-state index is 0.0965. The molecule has 168 valence electrons. The van der Waals surface area contributed by atoms with E-state index in [9.17, 15) is 13.2 Å². The van der Waals surface area contributed by atoms with E-state index >= 15 is 0 Å². The normalized spacial score (nSPS) is 11.0. The molecule has 3 aromatic carbocycles. The van der Waals surface area contributed by atoms with E-state index in [0.29, 0.717) is 28.5 Å². The Kier molecular flexibility index (Phi) is 7.34. The van der Waals surface area contributed by atoms with Crippen LogP contribution in [0.2, 0.25) is 0 Å². The fourth-order valence-corrected chi connectivity index (χ4v) is 4.01. The zero-order valence-corrected chi connectivity index (χ0v) is 18.7. The van der Waals surface area contributed by atoms with Crippen LogP contribution in [0.5, 0.6) is 17.2 Å². The molecule has 0 fully saturated rings. The van der Waals surface area contributed by atoms with Gasteiger partial charge in [0.25, 0.3) is 5.91 Å². The number of rotatable bonds is 9. The van der Waals surface area contributed by atoms with Gasteiger partial charge in [-0.05, 0) is 42.0 Å². The first kappa shape index (κ1) is 23.1. The van der Waals surface area contributed by atoms with Crippen molar-refractivity contribution >= 4 is 21.6 Å². The fraction of sp³-hybridized carbons (Fsp3) is 0.174. The molecule has 9 heteroatoms. The van der Waals surface area contributed by atoms with Gasteiger partial charge in [0.15, 0.2) is 11.5 Å². The van der Waals surface area contributed by atoms with Gasteiger partial charge < -0.3 is 19.5 Å². The Morgan fingerprint density at radius 2 is 1.44 bits per heavy atom. The average molecular weight is 457 g/mol. The first-order chi connectivity index (χ1) is 15.4. The van der Waals surface area contributed by atoms with E-state index in [-0.39, 0.29) is 11.4 Å². The summed E-state index contributed by atoms with van der Waals surface area (Å²) in [5.74, 6) is 0.664. The second kappa shape index (κ2) is 10.2. The van der Waals surface area contributed by atoms with Crippen LogP contribution in [0.1, 0.15) is 15.9 Å². The molecular formula is C23H24N2O6S. The molecule has 0 bridgehead atoms. The first-order valence-electron chi connectivity index (χ1n) is 9.63. The van der Waals surface area contributed by atoms with Gasteiger partial charge in [-0.15, -0.1) is 0 Å². The van der Waals surface area contributed by atoms with Crippen LogP contribution in [-0.4, -0.2) is 35.7 Å². The highest BCUT2D eigenvalue weighted by Crippen LogP contribution is 2.38. The Bertz CT molecular complexity index is 1150. The molecule has 0 aliphatic rings. The van der Waals surface area contributed by atoms with Crippen molar-refractivity contribution < 1.29 is 27.4 Å². The average Bonchev–Trinajstić information content (AvgIpc) is 2.82. The molecule has 0 unspecified atom stereocenters. The molecule has 8 nitrogen and oxygen atoms in total. The van der Waals surface area contributed by atoms with Crippen molar-refractivity contribution in [2.45, 2.75) is 11.4 Å². The van der Waals surface area contributed by atoms with E-state index in [1.165, 1.54) is 57.7 Å². The van der Waals surface area contributed by atoms with Crippen LogP contribution in [-0.2, 0) is 16.6 Å². The van der Waals surface area contributed by atoms with E-state index in [4.69, 9.17) is 14.2 Å². The van der Waals surface area contributed by atoms with Crippen LogP contribution >= 0.6 is 0 Å². The second-order valence-electron chi connectivity index (χ2n) is 6.70. The lowest BCUT2D eigenvalue weighted by molar-refractivity contribution is 0.102. The Hall–Kier alpha value is -3.56. The van der Waals surface area contributed by atoms with Gasteiger partial charge in [0.1, 0.15) is 0 Å². The molecule has 0 saturated carbocycles. The Balaban J connectivity index is 1.72. The van der Waals surface area contributed by atoms with E-state index in [1.54, 1.807) is 0 Å². The van der Waals surface area contributed by atoms with E-state index in [2.05, 4.69) is 10.0 Å². The van der Waals surface area contributed by atoms with Crippen LogP contribution in [0.15, 0.2) is 71.6 Å². The predicted octanol–water partition coefficient (Wildman–Crippen LogP) is 3.44. The van der Waals surface area contributed by atoms with Crippen LogP contribution in [0.25, 0.3) is 0 Å². The molecule has 0 aliphatic carbocycles. The molecule has 0 aliphatic heterocycles.